The molecular formula is C12H21N. The summed E-state index contributed by atoms with van der Waals surface area (Å²) < 4.78 is 0. The van der Waals surface area contributed by atoms with Crippen molar-refractivity contribution in [2.45, 2.75) is 45.4 Å². The van der Waals surface area contributed by atoms with Gasteiger partial charge in [-0.15, -0.1) is 0 Å². The first-order chi connectivity index (χ1) is 6.36. The van der Waals surface area contributed by atoms with E-state index in [0.717, 1.165) is 5.92 Å². The molecule has 0 amide bonds. The Hall–Kier alpha value is -0.460. The lowest BCUT2D eigenvalue weighted by atomic mass is 9.94. The number of hydrogen-bond acceptors (Lipinski definition) is 1. The first-order valence-electron chi connectivity index (χ1n) is 5.82. The van der Waals surface area contributed by atoms with Crippen LogP contribution in [0.4, 0.5) is 0 Å². The molecule has 1 aliphatic heterocycles. The molecular weight excluding hydrogens is 158 g/mol. The first kappa shape index (κ1) is 9.11. The number of allylic oxidation sites excluding steroid dienone is 2. The van der Waals surface area contributed by atoms with E-state index in [1.807, 2.05) is 0 Å². The Labute approximate surface area is 81.8 Å². The lowest BCUT2D eigenvalue weighted by molar-refractivity contribution is 0.266. The van der Waals surface area contributed by atoms with E-state index in [0.29, 0.717) is 0 Å². The van der Waals surface area contributed by atoms with E-state index < -0.39 is 0 Å². The minimum atomic E-state index is 0.825. The molecule has 2 aliphatic rings. The fourth-order valence-electron chi connectivity index (χ4n) is 2.54. The first-order valence-corrected chi connectivity index (χ1v) is 5.82. The van der Waals surface area contributed by atoms with Gasteiger partial charge in [0.05, 0.1) is 0 Å². The lowest BCUT2D eigenvalue weighted by Gasteiger charge is -2.33. The Bertz CT molecular complexity index is 189. The van der Waals surface area contributed by atoms with Gasteiger partial charge in [-0.3, -0.25) is 0 Å². The summed E-state index contributed by atoms with van der Waals surface area (Å²) in [5.74, 6) is 0.825. The standard InChI is InChI=1S/C12H21N/c1-11-6-5-7-12(10-11)13-8-3-2-4-9-13/h10-11H,2-9H2,1H3. The number of nitrogens with zero attached hydrogens (tertiary/aromatic N) is 1. The minimum Gasteiger partial charge on any atom is -0.375 e. The Morgan fingerprint density at radius 2 is 1.92 bits per heavy atom. The van der Waals surface area contributed by atoms with E-state index in [4.69, 9.17) is 0 Å². The molecule has 0 aromatic rings. The number of likely N-dealkylation sites (tertiary alicyclic amines) is 1. The van der Waals surface area contributed by atoms with Gasteiger partial charge in [0.15, 0.2) is 0 Å². The van der Waals surface area contributed by atoms with E-state index in [9.17, 15) is 0 Å². The number of rotatable bonds is 1. The smallest absolute Gasteiger partial charge is 0.0174 e. The van der Waals surface area contributed by atoms with E-state index in [-0.39, 0.29) is 0 Å². The third-order valence-electron chi connectivity index (χ3n) is 3.33. The van der Waals surface area contributed by atoms with E-state index in [1.54, 1.807) is 5.70 Å². The summed E-state index contributed by atoms with van der Waals surface area (Å²) in [6.45, 7) is 4.99. The minimum absolute atomic E-state index is 0.825. The summed E-state index contributed by atoms with van der Waals surface area (Å²) >= 11 is 0. The number of hydrogen-bond donors (Lipinski definition) is 0. The van der Waals surface area contributed by atoms with Crippen molar-refractivity contribution in [3.05, 3.63) is 11.8 Å². The quantitative estimate of drug-likeness (QED) is 0.597. The highest BCUT2D eigenvalue weighted by Crippen LogP contribution is 2.26. The molecule has 0 radical (unpaired) electrons. The zero-order valence-corrected chi connectivity index (χ0v) is 8.76. The molecule has 0 saturated carbocycles. The Morgan fingerprint density at radius 1 is 1.15 bits per heavy atom. The van der Waals surface area contributed by atoms with Gasteiger partial charge in [0.25, 0.3) is 0 Å². The number of piperidine rings is 1. The van der Waals surface area contributed by atoms with E-state index in [1.165, 1.54) is 51.6 Å². The fourth-order valence-corrected chi connectivity index (χ4v) is 2.54. The van der Waals surface area contributed by atoms with Crippen LogP contribution in [0.25, 0.3) is 0 Å². The molecule has 1 atom stereocenters. The lowest BCUT2D eigenvalue weighted by Crippen LogP contribution is -2.30. The molecule has 1 unspecified atom stereocenters. The molecule has 0 bridgehead atoms. The summed E-state index contributed by atoms with van der Waals surface area (Å²) in [5, 5.41) is 0. The molecule has 2 rings (SSSR count). The van der Waals surface area contributed by atoms with Gasteiger partial charge in [-0.25, -0.2) is 0 Å². The molecule has 1 heterocycles. The van der Waals surface area contributed by atoms with Crippen molar-refractivity contribution in [1.29, 1.82) is 0 Å². The molecule has 74 valence electrons. The normalized spacial score (nSPS) is 30.1. The van der Waals surface area contributed by atoms with Gasteiger partial charge in [-0.2, -0.15) is 0 Å². The zero-order valence-electron chi connectivity index (χ0n) is 8.76. The maximum atomic E-state index is 2.62. The molecule has 0 N–H and O–H groups in total. The summed E-state index contributed by atoms with van der Waals surface area (Å²) in [6, 6.07) is 0. The van der Waals surface area contributed by atoms with Crippen LogP contribution in [0.15, 0.2) is 11.8 Å². The second-order valence-corrected chi connectivity index (χ2v) is 4.58. The van der Waals surface area contributed by atoms with Gasteiger partial charge in [0.1, 0.15) is 0 Å². The van der Waals surface area contributed by atoms with Crippen LogP contribution in [0, 0.1) is 5.92 Å². The third kappa shape index (κ3) is 2.26. The van der Waals surface area contributed by atoms with E-state index >= 15 is 0 Å². The van der Waals surface area contributed by atoms with Crippen LogP contribution in [-0.4, -0.2) is 18.0 Å². The third-order valence-corrected chi connectivity index (χ3v) is 3.33. The van der Waals surface area contributed by atoms with E-state index in [2.05, 4.69) is 17.9 Å². The summed E-state index contributed by atoms with van der Waals surface area (Å²) in [6.07, 6.45) is 10.9. The second kappa shape index (κ2) is 4.17. The van der Waals surface area contributed by atoms with Crippen molar-refractivity contribution in [1.82, 2.24) is 4.90 Å². The monoisotopic (exact) mass is 179 g/mol. The highest BCUT2D eigenvalue weighted by molar-refractivity contribution is 5.07. The maximum absolute atomic E-state index is 2.62. The maximum Gasteiger partial charge on any atom is 0.0174 e. The van der Waals surface area contributed by atoms with Gasteiger partial charge < -0.3 is 4.90 Å². The van der Waals surface area contributed by atoms with Crippen molar-refractivity contribution in [2.24, 2.45) is 5.92 Å². The van der Waals surface area contributed by atoms with Crippen LogP contribution < -0.4 is 0 Å². The largest absolute Gasteiger partial charge is 0.375 e. The SMILES string of the molecule is CC1C=C(N2CCCCC2)CCC1. The highest BCUT2D eigenvalue weighted by atomic mass is 15.1. The van der Waals surface area contributed by atoms with Gasteiger partial charge in [0, 0.05) is 18.8 Å². The second-order valence-electron chi connectivity index (χ2n) is 4.58. The fraction of sp³-hybridized carbons (Fsp3) is 0.833. The molecule has 0 spiro atoms. The van der Waals surface area contributed by atoms with Crippen LogP contribution in [-0.2, 0) is 0 Å². The molecule has 1 aliphatic carbocycles. The molecule has 1 saturated heterocycles. The van der Waals surface area contributed by atoms with Gasteiger partial charge in [-0.05, 0) is 44.4 Å². The van der Waals surface area contributed by atoms with Crippen molar-refractivity contribution < 1.29 is 0 Å². The molecule has 1 fully saturated rings. The highest BCUT2D eigenvalue weighted by Gasteiger charge is 2.16. The van der Waals surface area contributed by atoms with Crippen molar-refractivity contribution >= 4 is 0 Å². The van der Waals surface area contributed by atoms with Gasteiger partial charge >= 0.3 is 0 Å². The van der Waals surface area contributed by atoms with Crippen LogP contribution >= 0.6 is 0 Å². The molecule has 1 nitrogen and oxygen atoms in total. The van der Waals surface area contributed by atoms with Crippen LogP contribution in [0.3, 0.4) is 0 Å². The van der Waals surface area contributed by atoms with Crippen LogP contribution in [0.1, 0.15) is 45.4 Å². The summed E-state index contributed by atoms with van der Waals surface area (Å²) in [7, 11) is 0. The zero-order chi connectivity index (χ0) is 9.10. The van der Waals surface area contributed by atoms with Crippen molar-refractivity contribution in [2.75, 3.05) is 13.1 Å². The van der Waals surface area contributed by atoms with Crippen molar-refractivity contribution in [3.63, 3.8) is 0 Å². The van der Waals surface area contributed by atoms with Crippen LogP contribution in [0.5, 0.6) is 0 Å². The Kier molecular flexibility index (Phi) is 2.92. The van der Waals surface area contributed by atoms with Gasteiger partial charge in [-0.1, -0.05) is 13.0 Å². The predicted molar refractivity (Wildman–Crippen MR) is 56.5 cm³/mol. The van der Waals surface area contributed by atoms with Gasteiger partial charge in [0.2, 0.25) is 0 Å². The predicted octanol–water partition coefficient (Wildman–Crippen LogP) is 3.18. The Morgan fingerprint density at radius 3 is 2.62 bits per heavy atom. The van der Waals surface area contributed by atoms with Crippen LogP contribution in [0.2, 0.25) is 0 Å². The summed E-state index contributed by atoms with van der Waals surface area (Å²) in [5.41, 5.74) is 1.65. The molecule has 13 heavy (non-hydrogen) atoms. The summed E-state index contributed by atoms with van der Waals surface area (Å²) in [4.78, 5) is 2.62. The van der Waals surface area contributed by atoms with Crippen molar-refractivity contribution in [3.8, 4) is 0 Å². The molecule has 0 aromatic heterocycles. The Balaban J connectivity index is 1.97. The topological polar surface area (TPSA) is 3.24 Å². The average Bonchev–Trinajstić information content (AvgIpc) is 2.19. The molecule has 1 heteroatoms. The molecule has 0 aromatic carbocycles. The average molecular weight is 179 g/mol.